The van der Waals surface area contributed by atoms with Crippen LogP contribution in [0.15, 0.2) is 54.7 Å². The van der Waals surface area contributed by atoms with Gasteiger partial charge in [0.1, 0.15) is 0 Å². The Morgan fingerprint density at radius 3 is 2.57 bits per heavy atom. The highest BCUT2D eigenvalue weighted by atomic mass is 16.5. The molecule has 0 spiro atoms. The molecule has 158 valence electrons. The number of methoxy groups -OCH3 is 2. The van der Waals surface area contributed by atoms with Gasteiger partial charge in [-0.05, 0) is 49.5 Å². The molecule has 3 rings (SSSR count). The molecule has 6 nitrogen and oxygen atoms in total. The van der Waals surface area contributed by atoms with Crippen molar-refractivity contribution in [3.63, 3.8) is 0 Å². The fourth-order valence-corrected chi connectivity index (χ4v) is 3.59. The van der Waals surface area contributed by atoms with Crippen LogP contribution in [-0.2, 0) is 11.8 Å². The standard InChI is InChI=1S/C24H29N3O3/c1-26(2)21(19-16-27(3)20-9-7-6-8-18(19)20)15-25-24(28)13-11-17-10-12-22(29-4)23(14-17)30-5/h6-14,16,21H,15H2,1-5H3,(H,25,28). The SMILES string of the molecule is COc1ccc(C=CC(=O)NCC(c2cn(C)c3ccccc23)N(C)C)cc1OC. The minimum absolute atomic E-state index is 0.0644. The summed E-state index contributed by atoms with van der Waals surface area (Å²) < 4.78 is 12.7. The molecule has 0 saturated heterocycles. The third kappa shape index (κ3) is 4.66. The molecule has 3 aromatic rings. The van der Waals surface area contributed by atoms with Crippen LogP contribution in [0, 0.1) is 0 Å². The number of aryl methyl sites for hydroxylation is 1. The Morgan fingerprint density at radius 1 is 1.13 bits per heavy atom. The van der Waals surface area contributed by atoms with E-state index >= 15 is 0 Å². The number of rotatable bonds is 8. The van der Waals surface area contributed by atoms with Gasteiger partial charge in [-0.1, -0.05) is 24.3 Å². The molecule has 1 heterocycles. The number of fused-ring (bicyclic) bond motifs is 1. The van der Waals surface area contributed by atoms with Crippen molar-refractivity contribution >= 4 is 22.9 Å². The first-order valence-electron chi connectivity index (χ1n) is 9.83. The summed E-state index contributed by atoms with van der Waals surface area (Å²) in [5, 5.41) is 4.23. The minimum Gasteiger partial charge on any atom is -0.493 e. The minimum atomic E-state index is -0.142. The zero-order valence-corrected chi connectivity index (χ0v) is 18.2. The summed E-state index contributed by atoms with van der Waals surface area (Å²) in [6.07, 6.45) is 5.44. The van der Waals surface area contributed by atoms with E-state index < -0.39 is 0 Å². The van der Waals surface area contributed by atoms with E-state index in [2.05, 4.69) is 33.1 Å². The molecular formula is C24H29N3O3. The summed E-state index contributed by atoms with van der Waals surface area (Å²) in [6.45, 7) is 0.510. The van der Waals surface area contributed by atoms with E-state index in [9.17, 15) is 4.79 Å². The monoisotopic (exact) mass is 407 g/mol. The molecule has 1 unspecified atom stereocenters. The fraction of sp³-hybridized carbons (Fsp3) is 0.292. The van der Waals surface area contributed by atoms with Crippen LogP contribution in [0.2, 0.25) is 0 Å². The van der Waals surface area contributed by atoms with Crippen LogP contribution < -0.4 is 14.8 Å². The number of hydrogen-bond acceptors (Lipinski definition) is 4. The Kier molecular flexibility index (Phi) is 6.79. The average molecular weight is 408 g/mol. The van der Waals surface area contributed by atoms with Gasteiger partial charge in [0, 0.05) is 36.8 Å². The lowest BCUT2D eigenvalue weighted by atomic mass is 10.0. The molecule has 0 saturated carbocycles. The number of aromatic nitrogens is 1. The summed E-state index contributed by atoms with van der Waals surface area (Å²) in [4.78, 5) is 14.6. The molecule has 1 atom stereocenters. The highest BCUT2D eigenvalue weighted by Gasteiger charge is 2.19. The van der Waals surface area contributed by atoms with Gasteiger partial charge < -0.3 is 24.3 Å². The molecule has 30 heavy (non-hydrogen) atoms. The number of nitrogens with one attached hydrogen (secondary N) is 1. The Bertz CT molecular complexity index is 1050. The fourth-order valence-electron chi connectivity index (χ4n) is 3.59. The van der Waals surface area contributed by atoms with Gasteiger partial charge in [-0.15, -0.1) is 0 Å². The Hall–Kier alpha value is -3.25. The molecule has 1 aromatic heterocycles. The van der Waals surface area contributed by atoms with Crippen LogP contribution >= 0.6 is 0 Å². The van der Waals surface area contributed by atoms with Crippen LogP contribution in [-0.4, -0.2) is 50.2 Å². The predicted molar refractivity (Wildman–Crippen MR) is 121 cm³/mol. The lowest BCUT2D eigenvalue weighted by Crippen LogP contribution is -2.33. The lowest BCUT2D eigenvalue weighted by Gasteiger charge is -2.24. The Balaban J connectivity index is 1.71. The van der Waals surface area contributed by atoms with Gasteiger partial charge in [0.2, 0.25) is 5.91 Å². The van der Waals surface area contributed by atoms with Crippen molar-refractivity contribution in [2.45, 2.75) is 6.04 Å². The summed E-state index contributed by atoms with van der Waals surface area (Å²) in [6, 6.07) is 13.9. The third-order valence-electron chi connectivity index (χ3n) is 5.21. The first-order chi connectivity index (χ1) is 14.4. The maximum absolute atomic E-state index is 12.4. The van der Waals surface area contributed by atoms with Gasteiger partial charge >= 0.3 is 0 Å². The van der Waals surface area contributed by atoms with Crippen molar-refractivity contribution in [1.29, 1.82) is 0 Å². The van der Waals surface area contributed by atoms with E-state index in [1.54, 1.807) is 20.3 Å². The van der Waals surface area contributed by atoms with Crippen LogP contribution in [0.5, 0.6) is 11.5 Å². The molecule has 0 aliphatic heterocycles. The molecule has 0 aliphatic carbocycles. The summed E-state index contributed by atoms with van der Waals surface area (Å²) >= 11 is 0. The number of amides is 1. The Labute approximate surface area is 177 Å². The molecule has 0 fully saturated rings. The van der Waals surface area contributed by atoms with Gasteiger partial charge in [0.05, 0.1) is 20.3 Å². The van der Waals surface area contributed by atoms with E-state index in [1.807, 2.05) is 51.5 Å². The summed E-state index contributed by atoms with van der Waals surface area (Å²) in [5.41, 5.74) is 3.24. The van der Waals surface area contributed by atoms with Crippen molar-refractivity contribution in [2.24, 2.45) is 7.05 Å². The summed E-state index contributed by atoms with van der Waals surface area (Å²) in [5.74, 6) is 1.14. The van der Waals surface area contributed by atoms with E-state index in [4.69, 9.17) is 9.47 Å². The number of carbonyl (C=O) groups is 1. The lowest BCUT2D eigenvalue weighted by molar-refractivity contribution is -0.116. The van der Waals surface area contributed by atoms with E-state index in [1.165, 1.54) is 22.5 Å². The molecule has 0 bridgehead atoms. The van der Waals surface area contributed by atoms with Crippen molar-refractivity contribution in [3.05, 3.63) is 65.9 Å². The molecule has 2 aromatic carbocycles. The number of hydrogen-bond donors (Lipinski definition) is 1. The molecule has 1 N–H and O–H groups in total. The smallest absolute Gasteiger partial charge is 0.244 e. The van der Waals surface area contributed by atoms with Crippen LogP contribution in [0.1, 0.15) is 17.2 Å². The molecular weight excluding hydrogens is 378 g/mol. The molecule has 0 radical (unpaired) electrons. The van der Waals surface area contributed by atoms with Gasteiger partial charge in [0.25, 0.3) is 0 Å². The summed E-state index contributed by atoms with van der Waals surface area (Å²) in [7, 11) is 9.28. The van der Waals surface area contributed by atoms with Crippen molar-refractivity contribution in [3.8, 4) is 11.5 Å². The van der Waals surface area contributed by atoms with Gasteiger partial charge in [0.15, 0.2) is 11.5 Å². The first kappa shape index (κ1) is 21.5. The number of likely N-dealkylation sites (N-methyl/N-ethyl adjacent to an activating group) is 1. The second-order valence-corrected chi connectivity index (χ2v) is 7.38. The van der Waals surface area contributed by atoms with Crippen LogP contribution in [0.3, 0.4) is 0 Å². The van der Waals surface area contributed by atoms with Crippen molar-refractivity contribution in [2.75, 3.05) is 34.9 Å². The van der Waals surface area contributed by atoms with E-state index in [-0.39, 0.29) is 11.9 Å². The number of ether oxygens (including phenoxy) is 2. The number of carbonyl (C=O) groups excluding carboxylic acids is 1. The van der Waals surface area contributed by atoms with Gasteiger partial charge in [-0.3, -0.25) is 4.79 Å². The quantitative estimate of drug-likeness (QED) is 0.580. The second-order valence-electron chi connectivity index (χ2n) is 7.38. The number of nitrogens with zero attached hydrogens (tertiary/aromatic N) is 2. The number of benzene rings is 2. The van der Waals surface area contributed by atoms with Gasteiger partial charge in [-0.25, -0.2) is 0 Å². The largest absolute Gasteiger partial charge is 0.493 e. The predicted octanol–water partition coefficient (Wildman–Crippen LogP) is 3.63. The second kappa shape index (κ2) is 9.50. The highest BCUT2D eigenvalue weighted by Crippen LogP contribution is 2.29. The van der Waals surface area contributed by atoms with Crippen molar-refractivity contribution in [1.82, 2.24) is 14.8 Å². The van der Waals surface area contributed by atoms with Crippen molar-refractivity contribution < 1.29 is 14.3 Å². The van der Waals surface area contributed by atoms with E-state index in [0.717, 1.165) is 5.56 Å². The average Bonchev–Trinajstić information content (AvgIpc) is 3.08. The maximum atomic E-state index is 12.4. The van der Waals surface area contributed by atoms with E-state index in [0.29, 0.717) is 18.0 Å². The molecule has 6 heteroatoms. The topological polar surface area (TPSA) is 55.7 Å². The molecule has 0 aliphatic rings. The van der Waals surface area contributed by atoms with Gasteiger partial charge in [-0.2, -0.15) is 0 Å². The maximum Gasteiger partial charge on any atom is 0.244 e. The van der Waals surface area contributed by atoms with Crippen LogP contribution in [0.4, 0.5) is 0 Å². The normalized spacial score (nSPS) is 12.5. The number of para-hydroxylation sites is 1. The zero-order valence-electron chi connectivity index (χ0n) is 18.2. The van der Waals surface area contributed by atoms with Crippen LogP contribution in [0.25, 0.3) is 17.0 Å². The Morgan fingerprint density at radius 2 is 1.87 bits per heavy atom. The molecule has 1 amide bonds. The third-order valence-corrected chi connectivity index (χ3v) is 5.21. The first-order valence-corrected chi connectivity index (χ1v) is 9.83. The zero-order chi connectivity index (χ0) is 21.7. The highest BCUT2D eigenvalue weighted by molar-refractivity contribution is 5.92.